The molecule has 0 atom stereocenters. The van der Waals surface area contributed by atoms with Crippen LogP contribution < -0.4 is 0 Å². The van der Waals surface area contributed by atoms with Crippen molar-refractivity contribution < 1.29 is 5.11 Å². The minimum absolute atomic E-state index is 0.0999. The first-order valence-electron chi connectivity index (χ1n) is 2.28. The first-order valence-corrected chi connectivity index (χ1v) is 4.74. The predicted octanol–water partition coefficient (Wildman–Crippen LogP) is 2.77. The van der Waals surface area contributed by atoms with E-state index >= 15 is 0 Å². The molecule has 0 radical (unpaired) electrons. The quantitative estimate of drug-likeness (QED) is 0.833. The Kier molecular flexibility index (Phi) is 2.70. The van der Waals surface area contributed by atoms with Crippen molar-refractivity contribution in [3.05, 3.63) is 19.2 Å². The van der Waals surface area contributed by atoms with Gasteiger partial charge in [-0.3, -0.25) is 0 Å². The molecule has 1 N–H and O–H groups in total. The van der Waals surface area contributed by atoms with Crippen LogP contribution in [0.1, 0.15) is 5.56 Å². The highest BCUT2D eigenvalue weighted by Crippen LogP contribution is 2.32. The Labute approximate surface area is 74.0 Å². The molecule has 0 spiro atoms. The second kappa shape index (κ2) is 3.14. The summed E-state index contributed by atoms with van der Waals surface area (Å²) in [6.45, 7) is 0.0999. The maximum Gasteiger partial charge on any atom is 0.0844 e. The lowest BCUT2D eigenvalue weighted by molar-refractivity contribution is 0.281. The van der Waals surface area contributed by atoms with E-state index in [2.05, 4.69) is 31.9 Å². The molecule has 0 unspecified atom stereocenters. The number of hydrogen-bond acceptors (Lipinski definition) is 2. The Bertz CT molecular complexity index is 209. The third-order valence-corrected chi connectivity index (χ3v) is 4.40. The Hall–Kier alpha value is 0.620. The normalized spacial score (nSPS) is 10.1. The summed E-state index contributed by atoms with van der Waals surface area (Å²) in [6, 6.07) is 0. The first-order chi connectivity index (χ1) is 4.25. The lowest BCUT2D eigenvalue weighted by Gasteiger charge is -1.88. The standard InChI is InChI=1S/C5H4Br2OS/c6-4-3(1-8)2-9-5(4)7/h2,8H,1H2. The van der Waals surface area contributed by atoms with Crippen molar-refractivity contribution in [2.24, 2.45) is 0 Å². The van der Waals surface area contributed by atoms with E-state index in [4.69, 9.17) is 5.11 Å². The number of rotatable bonds is 1. The van der Waals surface area contributed by atoms with Crippen LogP contribution in [0.25, 0.3) is 0 Å². The van der Waals surface area contributed by atoms with E-state index in [1.165, 1.54) is 0 Å². The van der Waals surface area contributed by atoms with Gasteiger partial charge in [0, 0.05) is 10.0 Å². The summed E-state index contributed by atoms with van der Waals surface area (Å²) in [5.41, 5.74) is 0.937. The number of aliphatic hydroxyl groups is 1. The fraction of sp³-hybridized carbons (Fsp3) is 0.200. The van der Waals surface area contributed by atoms with Crippen molar-refractivity contribution in [2.45, 2.75) is 6.61 Å². The minimum atomic E-state index is 0.0999. The average Bonchev–Trinajstić information content (AvgIpc) is 2.15. The maximum absolute atomic E-state index is 8.69. The smallest absolute Gasteiger partial charge is 0.0844 e. The van der Waals surface area contributed by atoms with Gasteiger partial charge in [-0.15, -0.1) is 11.3 Å². The molecular formula is C5H4Br2OS. The van der Waals surface area contributed by atoms with Gasteiger partial charge in [0.15, 0.2) is 0 Å². The molecule has 1 aromatic rings. The average molecular weight is 272 g/mol. The van der Waals surface area contributed by atoms with E-state index in [0.717, 1.165) is 13.8 Å². The summed E-state index contributed by atoms with van der Waals surface area (Å²) < 4.78 is 2.00. The van der Waals surface area contributed by atoms with Crippen LogP contribution in [0, 0.1) is 0 Å². The van der Waals surface area contributed by atoms with E-state index in [1.54, 1.807) is 11.3 Å². The van der Waals surface area contributed by atoms with Crippen LogP contribution in [-0.2, 0) is 6.61 Å². The first kappa shape index (κ1) is 7.72. The molecule has 0 aliphatic carbocycles. The second-order valence-corrected chi connectivity index (χ2v) is 4.50. The zero-order valence-corrected chi connectivity index (χ0v) is 8.38. The van der Waals surface area contributed by atoms with E-state index in [-0.39, 0.29) is 6.61 Å². The van der Waals surface area contributed by atoms with Gasteiger partial charge in [-0.2, -0.15) is 0 Å². The summed E-state index contributed by atoms with van der Waals surface area (Å²) in [4.78, 5) is 0. The molecular weight excluding hydrogens is 268 g/mol. The third-order valence-electron chi connectivity index (χ3n) is 0.929. The fourth-order valence-electron chi connectivity index (χ4n) is 0.459. The van der Waals surface area contributed by atoms with Crippen molar-refractivity contribution >= 4 is 43.2 Å². The Morgan fingerprint density at radius 2 is 2.22 bits per heavy atom. The van der Waals surface area contributed by atoms with E-state index in [0.29, 0.717) is 0 Å². The van der Waals surface area contributed by atoms with Crippen molar-refractivity contribution in [2.75, 3.05) is 0 Å². The molecule has 1 rings (SSSR count). The molecule has 9 heavy (non-hydrogen) atoms. The molecule has 1 aromatic heterocycles. The zero-order valence-electron chi connectivity index (χ0n) is 4.40. The SMILES string of the molecule is OCc1csc(Br)c1Br. The molecule has 0 bridgehead atoms. The van der Waals surface area contributed by atoms with E-state index in [1.807, 2.05) is 5.38 Å². The molecule has 0 saturated carbocycles. The van der Waals surface area contributed by atoms with E-state index < -0.39 is 0 Å². The highest BCUT2D eigenvalue weighted by molar-refractivity contribution is 9.13. The van der Waals surface area contributed by atoms with Crippen LogP contribution in [-0.4, -0.2) is 5.11 Å². The molecule has 1 nitrogen and oxygen atoms in total. The van der Waals surface area contributed by atoms with Gasteiger partial charge in [0.25, 0.3) is 0 Å². The van der Waals surface area contributed by atoms with Gasteiger partial charge in [0.1, 0.15) is 0 Å². The molecule has 0 fully saturated rings. The van der Waals surface area contributed by atoms with Gasteiger partial charge in [-0.1, -0.05) is 0 Å². The Morgan fingerprint density at radius 1 is 1.56 bits per heavy atom. The molecule has 0 saturated heterocycles. The topological polar surface area (TPSA) is 20.2 Å². The number of aliphatic hydroxyl groups excluding tert-OH is 1. The molecule has 0 amide bonds. The Balaban J connectivity index is 3.04. The predicted molar refractivity (Wildman–Crippen MR) is 45.6 cm³/mol. The van der Waals surface area contributed by atoms with Crippen LogP contribution in [0.4, 0.5) is 0 Å². The van der Waals surface area contributed by atoms with Crippen LogP contribution in [0.5, 0.6) is 0 Å². The maximum atomic E-state index is 8.69. The van der Waals surface area contributed by atoms with Gasteiger partial charge in [0.05, 0.1) is 10.4 Å². The summed E-state index contributed by atoms with van der Waals surface area (Å²) in [7, 11) is 0. The number of halogens is 2. The van der Waals surface area contributed by atoms with Gasteiger partial charge in [-0.25, -0.2) is 0 Å². The lowest BCUT2D eigenvalue weighted by atomic mass is 10.4. The minimum Gasteiger partial charge on any atom is -0.392 e. The van der Waals surface area contributed by atoms with Crippen molar-refractivity contribution in [3.8, 4) is 0 Å². The summed E-state index contributed by atoms with van der Waals surface area (Å²) in [6.07, 6.45) is 0. The van der Waals surface area contributed by atoms with Gasteiger partial charge in [-0.05, 0) is 37.2 Å². The van der Waals surface area contributed by atoms with Gasteiger partial charge < -0.3 is 5.11 Å². The second-order valence-electron chi connectivity index (χ2n) is 1.51. The van der Waals surface area contributed by atoms with Crippen LogP contribution in [0.2, 0.25) is 0 Å². The number of thiophene rings is 1. The van der Waals surface area contributed by atoms with Gasteiger partial charge >= 0.3 is 0 Å². The largest absolute Gasteiger partial charge is 0.392 e. The third kappa shape index (κ3) is 1.55. The Morgan fingerprint density at radius 3 is 2.44 bits per heavy atom. The van der Waals surface area contributed by atoms with Crippen LogP contribution in [0.3, 0.4) is 0 Å². The van der Waals surface area contributed by atoms with E-state index in [9.17, 15) is 0 Å². The molecule has 4 heteroatoms. The fourth-order valence-corrected chi connectivity index (χ4v) is 2.34. The van der Waals surface area contributed by atoms with Crippen molar-refractivity contribution in [1.82, 2.24) is 0 Å². The van der Waals surface area contributed by atoms with Crippen LogP contribution >= 0.6 is 43.2 Å². The molecule has 0 aliphatic rings. The van der Waals surface area contributed by atoms with Crippen molar-refractivity contribution in [1.29, 1.82) is 0 Å². The van der Waals surface area contributed by atoms with Gasteiger partial charge in [0.2, 0.25) is 0 Å². The summed E-state index contributed by atoms with van der Waals surface area (Å²) in [5, 5.41) is 10.6. The monoisotopic (exact) mass is 270 g/mol. The highest BCUT2D eigenvalue weighted by atomic mass is 79.9. The zero-order chi connectivity index (χ0) is 6.85. The molecule has 0 aromatic carbocycles. The molecule has 1 heterocycles. The summed E-state index contributed by atoms with van der Waals surface area (Å²) in [5.74, 6) is 0. The van der Waals surface area contributed by atoms with Crippen LogP contribution in [0.15, 0.2) is 13.6 Å². The molecule has 0 aliphatic heterocycles. The highest BCUT2D eigenvalue weighted by Gasteiger charge is 2.03. The number of hydrogen-bond donors (Lipinski definition) is 1. The van der Waals surface area contributed by atoms with Crippen molar-refractivity contribution in [3.63, 3.8) is 0 Å². The summed E-state index contributed by atoms with van der Waals surface area (Å²) >= 11 is 8.20. The molecule has 50 valence electrons. The lowest BCUT2D eigenvalue weighted by Crippen LogP contribution is -1.76.